The van der Waals surface area contributed by atoms with Crippen molar-refractivity contribution in [2.24, 2.45) is 5.41 Å². The number of rotatable bonds is 7. The number of likely N-dealkylation sites (N-methyl/N-ethyl adjacent to an activating group) is 2. The second-order valence-corrected chi connectivity index (χ2v) is 6.61. The summed E-state index contributed by atoms with van der Waals surface area (Å²) >= 11 is 0. The van der Waals surface area contributed by atoms with E-state index in [-0.39, 0.29) is 18.4 Å². The summed E-state index contributed by atoms with van der Waals surface area (Å²) in [6, 6.07) is 0.104. The maximum Gasteiger partial charge on any atom is 0.310 e. The molecule has 1 aliphatic carbocycles. The highest BCUT2D eigenvalue weighted by Gasteiger charge is 2.42. The molecule has 0 aromatic carbocycles. The maximum atomic E-state index is 12.6. The minimum Gasteiger partial charge on any atom is -0.481 e. The number of nitrogens with zero attached hydrogens (tertiary/aromatic N) is 2. The second kappa shape index (κ2) is 7.78. The van der Waals surface area contributed by atoms with Crippen LogP contribution in [-0.2, 0) is 9.59 Å². The van der Waals surface area contributed by atoms with Crippen LogP contribution in [0.5, 0.6) is 0 Å². The molecule has 0 heterocycles. The molecule has 1 rings (SSSR count). The van der Waals surface area contributed by atoms with Crippen LogP contribution in [0.3, 0.4) is 0 Å². The zero-order valence-corrected chi connectivity index (χ0v) is 13.9. The highest BCUT2D eigenvalue weighted by molar-refractivity contribution is 5.85. The molecule has 122 valence electrons. The molecular formula is C16H30N2O3. The molecular weight excluding hydrogens is 268 g/mol. The van der Waals surface area contributed by atoms with Crippen molar-refractivity contribution >= 4 is 11.9 Å². The van der Waals surface area contributed by atoms with Crippen LogP contribution in [0.1, 0.15) is 52.4 Å². The molecule has 1 unspecified atom stereocenters. The first-order valence-corrected chi connectivity index (χ1v) is 8.00. The first-order valence-electron chi connectivity index (χ1n) is 8.00. The Morgan fingerprint density at radius 1 is 1.19 bits per heavy atom. The number of carboxylic acid groups (broad SMARTS) is 1. The molecule has 0 bridgehead atoms. The molecule has 0 saturated heterocycles. The molecule has 0 aromatic rings. The van der Waals surface area contributed by atoms with Crippen LogP contribution in [-0.4, -0.2) is 60.0 Å². The molecule has 1 aliphatic rings. The molecule has 1 saturated carbocycles. The van der Waals surface area contributed by atoms with Crippen LogP contribution in [0, 0.1) is 5.41 Å². The minimum atomic E-state index is -0.833. The predicted molar refractivity (Wildman–Crippen MR) is 83.2 cm³/mol. The standard InChI is InChI=1S/C16H30N2O3/c1-5-18(13(2)12-17(3)4)14(19)11-16(15(20)21)9-7-6-8-10-16/h13H,5-12H2,1-4H3,(H,20,21). The molecule has 1 fully saturated rings. The smallest absolute Gasteiger partial charge is 0.310 e. The lowest BCUT2D eigenvalue weighted by molar-refractivity contribution is -0.156. The molecule has 1 N–H and O–H groups in total. The third kappa shape index (κ3) is 4.70. The third-order valence-electron chi connectivity index (χ3n) is 4.58. The van der Waals surface area contributed by atoms with E-state index in [2.05, 4.69) is 0 Å². The van der Waals surface area contributed by atoms with Gasteiger partial charge in [0.15, 0.2) is 0 Å². The van der Waals surface area contributed by atoms with Gasteiger partial charge in [-0.3, -0.25) is 9.59 Å². The van der Waals surface area contributed by atoms with Crippen molar-refractivity contribution in [1.82, 2.24) is 9.80 Å². The van der Waals surface area contributed by atoms with Crippen molar-refractivity contribution in [3.8, 4) is 0 Å². The number of hydrogen-bond acceptors (Lipinski definition) is 3. The Kier molecular flexibility index (Phi) is 6.65. The quantitative estimate of drug-likeness (QED) is 0.783. The summed E-state index contributed by atoms with van der Waals surface area (Å²) in [4.78, 5) is 28.2. The maximum absolute atomic E-state index is 12.6. The zero-order chi connectivity index (χ0) is 16.0. The number of aliphatic carboxylic acids is 1. The van der Waals surface area contributed by atoms with Crippen LogP contribution in [0.15, 0.2) is 0 Å². The molecule has 0 aliphatic heterocycles. The van der Waals surface area contributed by atoms with Crippen LogP contribution in [0.25, 0.3) is 0 Å². The summed E-state index contributed by atoms with van der Waals surface area (Å²) in [6.45, 7) is 5.40. The first-order chi connectivity index (χ1) is 9.82. The lowest BCUT2D eigenvalue weighted by Gasteiger charge is -2.36. The summed E-state index contributed by atoms with van der Waals surface area (Å²) in [5.41, 5.74) is -0.833. The van der Waals surface area contributed by atoms with E-state index in [0.29, 0.717) is 19.4 Å². The van der Waals surface area contributed by atoms with E-state index in [9.17, 15) is 14.7 Å². The van der Waals surface area contributed by atoms with Gasteiger partial charge in [-0.25, -0.2) is 0 Å². The van der Waals surface area contributed by atoms with E-state index in [1.165, 1.54) is 0 Å². The van der Waals surface area contributed by atoms with E-state index in [1.54, 1.807) is 0 Å². The number of carboxylic acids is 1. The van der Waals surface area contributed by atoms with Gasteiger partial charge in [0.2, 0.25) is 5.91 Å². The summed E-state index contributed by atoms with van der Waals surface area (Å²) in [5, 5.41) is 9.60. The SMILES string of the molecule is CCN(C(=O)CC1(C(=O)O)CCCCC1)C(C)CN(C)C. The Labute approximate surface area is 128 Å². The highest BCUT2D eigenvalue weighted by Crippen LogP contribution is 2.40. The van der Waals surface area contributed by atoms with Gasteiger partial charge in [-0.1, -0.05) is 19.3 Å². The average Bonchev–Trinajstić information content (AvgIpc) is 2.39. The summed E-state index contributed by atoms with van der Waals surface area (Å²) in [7, 11) is 3.96. The summed E-state index contributed by atoms with van der Waals surface area (Å²) < 4.78 is 0. The molecule has 5 nitrogen and oxygen atoms in total. The van der Waals surface area contributed by atoms with Gasteiger partial charge in [-0.2, -0.15) is 0 Å². The van der Waals surface area contributed by atoms with Gasteiger partial charge in [-0.15, -0.1) is 0 Å². The van der Waals surface area contributed by atoms with E-state index in [1.807, 2.05) is 37.7 Å². The monoisotopic (exact) mass is 298 g/mol. The fraction of sp³-hybridized carbons (Fsp3) is 0.875. The predicted octanol–water partition coefficient (Wildman–Crippen LogP) is 2.21. The van der Waals surface area contributed by atoms with Gasteiger partial charge in [0.05, 0.1) is 5.41 Å². The Bertz CT molecular complexity index is 363. The molecule has 1 amide bonds. The lowest BCUT2D eigenvalue weighted by Crippen LogP contribution is -2.47. The van der Waals surface area contributed by atoms with Crippen molar-refractivity contribution < 1.29 is 14.7 Å². The van der Waals surface area contributed by atoms with Crippen molar-refractivity contribution in [2.45, 2.75) is 58.4 Å². The number of amides is 1. The van der Waals surface area contributed by atoms with Gasteiger partial charge in [0, 0.05) is 25.6 Å². The Morgan fingerprint density at radius 3 is 2.19 bits per heavy atom. The summed E-state index contributed by atoms with van der Waals surface area (Å²) in [6.07, 6.45) is 4.32. The normalized spacial score (nSPS) is 19.3. The topological polar surface area (TPSA) is 60.9 Å². The minimum absolute atomic E-state index is 0.0175. The molecule has 1 atom stereocenters. The largest absolute Gasteiger partial charge is 0.481 e. The van der Waals surface area contributed by atoms with Crippen LogP contribution >= 0.6 is 0 Å². The molecule has 21 heavy (non-hydrogen) atoms. The Balaban J connectivity index is 2.77. The van der Waals surface area contributed by atoms with E-state index in [0.717, 1.165) is 25.8 Å². The fourth-order valence-electron chi connectivity index (χ4n) is 3.45. The lowest BCUT2D eigenvalue weighted by atomic mass is 9.71. The van der Waals surface area contributed by atoms with E-state index in [4.69, 9.17) is 0 Å². The number of hydrogen-bond donors (Lipinski definition) is 1. The highest BCUT2D eigenvalue weighted by atomic mass is 16.4. The van der Waals surface area contributed by atoms with Crippen molar-refractivity contribution in [2.75, 3.05) is 27.2 Å². The third-order valence-corrected chi connectivity index (χ3v) is 4.58. The van der Waals surface area contributed by atoms with Crippen molar-refractivity contribution in [3.05, 3.63) is 0 Å². The van der Waals surface area contributed by atoms with Gasteiger partial charge in [0.25, 0.3) is 0 Å². The molecule has 0 aromatic heterocycles. The Morgan fingerprint density at radius 2 is 1.76 bits per heavy atom. The molecule has 0 spiro atoms. The van der Waals surface area contributed by atoms with E-state index < -0.39 is 11.4 Å². The van der Waals surface area contributed by atoms with Gasteiger partial charge >= 0.3 is 5.97 Å². The fourth-order valence-corrected chi connectivity index (χ4v) is 3.45. The van der Waals surface area contributed by atoms with Crippen LogP contribution in [0.2, 0.25) is 0 Å². The molecule has 5 heteroatoms. The van der Waals surface area contributed by atoms with Crippen molar-refractivity contribution in [1.29, 1.82) is 0 Å². The van der Waals surface area contributed by atoms with Gasteiger partial charge in [-0.05, 0) is 40.8 Å². The van der Waals surface area contributed by atoms with Crippen molar-refractivity contribution in [3.63, 3.8) is 0 Å². The number of carbonyl (C=O) groups is 2. The first kappa shape index (κ1) is 18.0. The molecule has 0 radical (unpaired) electrons. The van der Waals surface area contributed by atoms with Gasteiger partial charge in [0.1, 0.15) is 0 Å². The van der Waals surface area contributed by atoms with Gasteiger partial charge < -0.3 is 14.9 Å². The van der Waals surface area contributed by atoms with Crippen LogP contribution in [0.4, 0.5) is 0 Å². The second-order valence-electron chi connectivity index (χ2n) is 6.61. The Hall–Kier alpha value is -1.10. The summed E-state index contributed by atoms with van der Waals surface area (Å²) in [5.74, 6) is -0.817. The number of carbonyl (C=O) groups excluding carboxylic acids is 1. The van der Waals surface area contributed by atoms with Crippen LogP contribution < -0.4 is 0 Å². The zero-order valence-electron chi connectivity index (χ0n) is 13.9. The van der Waals surface area contributed by atoms with E-state index >= 15 is 0 Å². The average molecular weight is 298 g/mol.